The van der Waals surface area contributed by atoms with Gasteiger partial charge in [-0.1, -0.05) is 51.7 Å². The molecule has 0 spiro atoms. The van der Waals surface area contributed by atoms with Gasteiger partial charge in [-0.3, -0.25) is 0 Å². The van der Waals surface area contributed by atoms with Crippen molar-refractivity contribution in [2.24, 2.45) is 17.3 Å². The zero-order valence-corrected chi connectivity index (χ0v) is 16.4. The molecule has 3 unspecified atom stereocenters. The Morgan fingerprint density at radius 2 is 1.92 bits per heavy atom. The molecule has 2 aliphatic carbocycles. The molecule has 3 rings (SSSR count). The Morgan fingerprint density at radius 3 is 2.62 bits per heavy atom. The van der Waals surface area contributed by atoms with E-state index in [9.17, 15) is 0 Å². The number of allylic oxidation sites excluding steroid dienone is 1. The van der Waals surface area contributed by atoms with Crippen molar-refractivity contribution in [3.05, 3.63) is 11.6 Å². The van der Waals surface area contributed by atoms with Gasteiger partial charge in [0.15, 0.2) is 0 Å². The molecule has 2 nitrogen and oxygen atoms in total. The molecule has 0 amide bonds. The van der Waals surface area contributed by atoms with Gasteiger partial charge in [-0.05, 0) is 62.3 Å². The molecule has 24 heavy (non-hydrogen) atoms. The van der Waals surface area contributed by atoms with Crippen molar-refractivity contribution in [2.45, 2.75) is 84.7 Å². The lowest BCUT2D eigenvalue weighted by atomic mass is 9.75. The average molecular weight is 334 g/mol. The lowest BCUT2D eigenvalue weighted by Crippen LogP contribution is -2.43. The first-order valence-electron chi connectivity index (χ1n) is 10.6. The van der Waals surface area contributed by atoms with E-state index in [4.69, 9.17) is 4.74 Å². The lowest BCUT2D eigenvalue weighted by molar-refractivity contribution is 0.0128. The number of nitrogens with zero attached hydrogens (tertiary/aromatic N) is 1. The summed E-state index contributed by atoms with van der Waals surface area (Å²) in [5.41, 5.74) is 2.04. The fourth-order valence-electron chi connectivity index (χ4n) is 5.03. The minimum absolute atomic E-state index is 0.384. The topological polar surface area (TPSA) is 12.5 Å². The maximum Gasteiger partial charge on any atom is 0.0613 e. The van der Waals surface area contributed by atoms with Crippen LogP contribution in [0.25, 0.3) is 0 Å². The molecular weight excluding hydrogens is 294 g/mol. The maximum atomic E-state index is 6.23. The molecule has 0 aromatic heterocycles. The highest BCUT2D eigenvalue weighted by molar-refractivity contribution is 5.15. The number of likely N-dealkylation sites (tertiary alicyclic amines) is 1. The fraction of sp³-hybridized carbons (Fsp3) is 0.909. The summed E-state index contributed by atoms with van der Waals surface area (Å²) in [5.74, 6) is 2.03. The van der Waals surface area contributed by atoms with Gasteiger partial charge in [0.25, 0.3) is 0 Å². The van der Waals surface area contributed by atoms with Crippen molar-refractivity contribution in [2.75, 3.05) is 26.2 Å². The highest BCUT2D eigenvalue weighted by Crippen LogP contribution is 2.37. The SMILES string of the molecule is CCC(C)(C)C1=CCC(OCCN2CCC3CCCCC3C2)CC1. The highest BCUT2D eigenvalue weighted by atomic mass is 16.5. The zero-order valence-electron chi connectivity index (χ0n) is 16.4. The molecule has 0 aromatic carbocycles. The van der Waals surface area contributed by atoms with Crippen LogP contribution in [-0.4, -0.2) is 37.2 Å². The van der Waals surface area contributed by atoms with Crippen molar-refractivity contribution in [3.63, 3.8) is 0 Å². The van der Waals surface area contributed by atoms with E-state index in [1.165, 1.54) is 64.5 Å². The van der Waals surface area contributed by atoms with E-state index >= 15 is 0 Å². The summed E-state index contributed by atoms with van der Waals surface area (Å²) in [5, 5.41) is 0. The van der Waals surface area contributed by atoms with Gasteiger partial charge in [-0.2, -0.15) is 0 Å². The Bertz CT molecular complexity index is 428. The first-order chi connectivity index (χ1) is 11.6. The van der Waals surface area contributed by atoms with Crippen molar-refractivity contribution in [1.29, 1.82) is 0 Å². The van der Waals surface area contributed by atoms with E-state index in [1.54, 1.807) is 5.57 Å². The molecule has 0 bridgehead atoms. The third kappa shape index (κ3) is 4.64. The summed E-state index contributed by atoms with van der Waals surface area (Å²) in [6, 6.07) is 0. The van der Waals surface area contributed by atoms with Crippen LogP contribution in [0.15, 0.2) is 11.6 Å². The number of hydrogen-bond donors (Lipinski definition) is 0. The second-order valence-corrected chi connectivity index (χ2v) is 9.13. The van der Waals surface area contributed by atoms with Crippen molar-refractivity contribution < 1.29 is 4.74 Å². The van der Waals surface area contributed by atoms with Crippen LogP contribution in [0.5, 0.6) is 0 Å². The number of fused-ring (bicyclic) bond motifs is 1. The quantitative estimate of drug-likeness (QED) is 0.601. The Labute approximate surface area is 150 Å². The monoisotopic (exact) mass is 333 g/mol. The first-order valence-corrected chi connectivity index (χ1v) is 10.6. The minimum Gasteiger partial charge on any atom is -0.377 e. The van der Waals surface area contributed by atoms with E-state index in [0.29, 0.717) is 11.5 Å². The van der Waals surface area contributed by atoms with E-state index in [1.807, 2.05) is 0 Å². The Hall–Kier alpha value is -0.340. The number of piperidine rings is 1. The fourth-order valence-corrected chi connectivity index (χ4v) is 5.03. The van der Waals surface area contributed by atoms with Crippen molar-refractivity contribution in [1.82, 2.24) is 4.90 Å². The number of rotatable bonds is 6. The summed E-state index contributed by atoms with van der Waals surface area (Å²) >= 11 is 0. The Morgan fingerprint density at radius 1 is 1.12 bits per heavy atom. The second-order valence-electron chi connectivity index (χ2n) is 9.13. The molecule has 1 aliphatic heterocycles. The van der Waals surface area contributed by atoms with Crippen molar-refractivity contribution >= 4 is 0 Å². The van der Waals surface area contributed by atoms with E-state index < -0.39 is 0 Å². The molecule has 1 saturated carbocycles. The third-order valence-corrected chi connectivity index (χ3v) is 7.25. The van der Waals surface area contributed by atoms with E-state index in [0.717, 1.165) is 31.4 Å². The first kappa shape index (κ1) is 18.5. The van der Waals surface area contributed by atoms with Gasteiger partial charge in [-0.15, -0.1) is 0 Å². The summed E-state index contributed by atoms with van der Waals surface area (Å²) in [7, 11) is 0. The zero-order chi connectivity index (χ0) is 17.0. The maximum absolute atomic E-state index is 6.23. The summed E-state index contributed by atoms with van der Waals surface area (Å²) in [6.45, 7) is 11.8. The van der Waals surface area contributed by atoms with Gasteiger partial charge in [0.2, 0.25) is 0 Å². The molecule has 3 atom stereocenters. The summed E-state index contributed by atoms with van der Waals surface area (Å²) in [4.78, 5) is 2.68. The van der Waals surface area contributed by atoms with E-state index in [-0.39, 0.29) is 0 Å². The van der Waals surface area contributed by atoms with Crippen LogP contribution in [-0.2, 0) is 4.74 Å². The molecular formula is C22H39NO. The third-order valence-electron chi connectivity index (χ3n) is 7.25. The van der Waals surface area contributed by atoms with Crippen LogP contribution in [0, 0.1) is 17.3 Å². The average Bonchev–Trinajstić information content (AvgIpc) is 2.62. The molecule has 0 radical (unpaired) electrons. The summed E-state index contributed by atoms with van der Waals surface area (Å²) < 4.78 is 6.23. The molecule has 0 N–H and O–H groups in total. The number of hydrogen-bond acceptors (Lipinski definition) is 2. The molecule has 138 valence electrons. The molecule has 3 aliphatic rings. The predicted molar refractivity (Wildman–Crippen MR) is 102 cm³/mol. The van der Waals surface area contributed by atoms with Crippen LogP contribution in [0.4, 0.5) is 0 Å². The van der Waals surface area contributed by atoms with Crippen molar-refractivity contribution in [3.8, 4) is 0 Å². The minimum atomic E-state index is 0.384. The molecule has 1 heterocycles. The van der Waals surface area contributed by atoms with Gasteiger partial charge in [0.05, 0.1) is 12.7 Å². The molecule has 2 fully saturated rings. The van der Waals surface area contributed by atoms with Crippen LogP contribution < -0.4 is 0 Å². The van der Waals surface area contributed by atoms with Crippen LogP contribution >= 0.6 is 0 Å². The molecule has 0 aromatic rings. The largest absolute Gasteiger partial charge is 0.377 e. The van der Waals surface area contributed by atoms with E-state index in [2.05, 4.69) is 31.7 Å². The predicted octanol–water partition coefficient (Wildman–Crippen LogP) is 5.43. The van der Waals surface area contributed by atoms with Gasteiger partial charge >= 0.3 is 0 Å². The second kappa shape index (κ2) is 8.36. The normalized spacial score (nSPS) is 32.3. The van der Waals surface area contributed by atoms with Crippen LogP contribution in [0.1, 0.15) is 78.6 Å². The van der Waals surface area contributed by atoms with Gasteiger partial charge in [0, 0.05) is 13.1 Å². The molecule has 2 heteroatoms. The van der Waals surface area contributed by atoms with Gasteiger partial charge < -0.3 is 9.64 Å². The lowest BCUT2D eigenvalue weighted by Gasteiger charge is -2.41. The Balaban J connectivity index is 1.36. The Kier molecular flexibility index (Phi) is 6.43. The molecule has 1 saturated heterocycles. The summed E-state index contributed by atoms with van der Waals surface area (Å²) in [6.07, 6.45) is 15.1. The smallest absolute Gasteiger partial charge is 0.0613 e. The number of ether oxygens (including phenoxy) is 1. The standard InChI is InChI=1S/C22H39NO/c1-4-22(2,3)20-9-11-21(12-10-20)24-16-15-23-14-13-18-7-5-6-8-19(18)17-23/h9,18-19,21H,4-8,10-17H2,1-3H3. The van der Waals surface area contributed by atoms with Gasteiger partial charge in [0.1, 0.15) is 0 Å². The van der Waals surface area contributed by atoms with Crippen LogP contribution in [0.2, 0.25) is 0 Å². The highest BCUT2D eigenvalue weighted by Gasteiger charge is 2.31. The van der Waals surface area contributed by atoms with Gasteiger partial charge in [-0.25, -0.2) is 0 Å². The van der Waals surface area contributed by atoms with Crippen LogP contribution in [0.3, 0.4) is 0 Å².